The zero-order valence-corrected chi connectivity index (χ0v) is 11.1. The normalized spacial score (nSPS) is 9.68. The van der Waals surface area contributed by atoms with Crippen LogP contribution in [0, 0.1) is 6.92 Å². The standard InChI is InChI=1S/C13H14O6/c1-7-12(18-9(3)15)5-11(17-8(2)14)6-13(7)19-10(4)16/h5-6H,1-4H3. The van der Waals surface area contributed by atoms with E-state index in [1.165, 1.54) is 32.9 Å². The number of hydrogen-bond donors (Lipinski definition) is 0. The second-order valence-corrected chi connectivity index (χ2v) is 3.83. The molecular weight excluding hydrogens is 252 g/mol. The highest BCUT2D eigenvalue weighted by molar-refractivity contribution is 5.74. The first-order chi connectivity index (χ1) is 8.79. The van der Waals surface area contributed by atoms with Crippen molar-refractivity contribution in [2.24, 2.45) is 0 Å². The van der Waals surface area contributed by atoms with Gasteiger partial charge in [0, 0.05) is 38.5 Å². The quantitative estimate of drug-likeness (QED) is 0.612. The molecule has 6 heteroatoms. The van der Waals surface area contributed by atoms with Crippen molar-refractivity contribution in [2.75, 3.05) is 0 Å². The van der Waals surface area contributed by atoms with Crippen LogP contribution in [0.4, 0.5) is 0 Å². The summed E-state index contributed by atoms with van der Waals surface area (Å²) in [6, 6.07) is 2.76. The molecule has 19 heavy (non-hydrogen) atoms. The van der Waals surface area contributed by atoms with Crippen molar-refractivity contribution < 1.29 is 28.6 Å². The van der Waals surface area contributed by atoms with Gasteiger partial charge in [-0.3, -0.25) is 14.4 Å². The van der Waals surface area contributed by atoms with Crippen molar-refractivity contribution in [1.82, 2.24) is 0 Å². The molecule has 0 fully saturated rings. The van der Waals surface area contributed by atoms with Crippen molar-refractivity contribution in [1.29, 1.82) is 0 Å². The van der Waals surface area contributed by atoms with Gasteiger partial charge in [-0.25, -0.2) is 0 Å². The van der Waals surface area contributed by atoms with Crippen molar-refractivity contribution in [3.05, 3.63) is 17.7 Å². The largest absolute Gasteiger partial charge is 0.426 e. The summed E-state index contributed by atoms with van der Waals surface area (Å²) in [5.41, 5.74) is 0.460. The summed E-state index contributed by atoms with van der Waals surface area (Å²) < 4.78 is 14.8. The van der Waals surface area contributed by atoms with Gasteiger partial charge in [-0.05, 0) is 6.92 Å². The third kappa shape index (κ3) is 4.42. The number of esters is 3. The lowest BCUT2D eigenvalue weighted by Crippen LogP contribution is -2.08. The van der Waals surface area contributed by atoms with Gasteiger partial charge in [0.1, 0.15) is 17.2 Å². The molecule has 0 aliphatic carbocycles. The fraction of sp³-hybridized carbons (Fsp3) is 0.308. The van der Waals surface area contributed by atoms with Crippen LogP contribution in [0.1, 0.15) is 26.3 Å². The highest BCUT2D eigenvalue weighted by atomic mass is 16.6. The third-order valence-electron chi connectivity index (χ3n) is 2.05. The molecule has 0 aromatic heterocycles. The molecule has 0 saturated heterocycles. The molecule has 1 aromatic carbocycles. The van der Waals surface area contributed by atoms with Crippen LogP contribution in [0.2, 0.25) is 0 Å². The molecule has 0 N–H and O–H groups in total. The molecule has 0 aliphatic rings. The summed E-state index contributed by atoms with van der Waals surface area (Å²) in [6.45, 7) is 5.33. The van der Waals surface area contributed by atoms with Crippen LogP contribution < -0.4 is 14.2 Å². The first-order valence-electron chi connectivity index (χ1n) is 5.49. The molecule has 1 rings (SSSR count). The summed E-state index contributed by atoms with van der Waals surface area (Å²) in [5, 5.41) is 0. The average Bonchev–Trinajstić information content (AvgIpc) is 2.22. The summed E-state index contributed by atoms with van der Waals surface area (Å²) >= 11 is 0. The maximum Gasteiger partial charge on any atom is 0.308 e. The molecule has 0 radical (unpaired) electrons. The van der Waals surface area contributed by atoms with E-state index in [1.54, 1.807) is 6.92 Å². The van der Waals surface area contributed by atoms with Crippen LogP contribution >= 0.6 is 0 Å². The zero-order chi connectivity index (χ0) is 14.6. The van der Waals surface area contributed by atoms with Crippen molar-refractivity contribution >= 4 is 17.9 Å². The number of hydrogen-bond acceptors (Lipinski definition) is 6. The van der Waals surface area contributed by atoms with Gasteiger partial charge in [0.05, 0.1) is 0 Å². The van der Waals surface area contributed by atoms with Gasteiger partial charge in [0.15, 0.2) is 0 Å². The van der Waals surface area contributed by atoms with E-state index in [0.29, 0.717) is 5.56 Å². The van der Waals surface area contributed by atoms with Gasteiger partial charge in [0.25, 0.3) is 0 Å². The van der Waals surface area contributed by atoms with Crippen LogP contribution in [0.3, 0.4) is 0 Å². The summed E-state index contributed by atoms with van der Waals surface area (Å²) in [6.07, 6.45) is 0. The predicted molar refractivity (Wildman–Crippen MR) is 65.1 cm³/mol. The Kier molecular flexibility index (Phi) is 4.63. The Balaban J connectivity index is 3.24. The number of benzene rings is 1. The molecule has 0 atom stereocenters. The van der Waals surface area contributed by atoms with Gasteiger partial charge in [-0.15, -0.1) is 0 Å². The lowest BCUT2D eigenvalue weighted by atomic mass is 10.2. The van der Waals surface area contributed by atoms with Gasteiger partial charge < -0.3 is 14.2 Å². The minimum atomic E-state index is -0.536. The van der Waals surface area contributed by atoms with Crippen LogP contribution in [-0.4, -0.2) is 17.9 Å². The van der Waals surface area contributed by atoms with Gasteiger partial charge in [0.2, 0.25) is 0 Å². The molecule has 0 amide bonds. The van der Waals surface area contributed by atoms with Gasteiger partial charge >= 0.3 is 17.9 Å². The predicted octanol–water partition coefficient (Wildman–Crippen LogP) is 1.77. The summed E-state index contributed by atoms with van der Waals surface area (Å²) in [4.78, 5) is 32.9. The second kappa shape index (κ2) is 5.99. The first kappa shape index (κ1) is 14.7. The lowest BCUT2D eigenvalue weighted by Gasteiger charge is -2.12. The Morgan fingerprint density at radius 3 is 1.47 bits per heavy atom. The monoisotopic (exact) mass is 266 g/mol. The van der Waals surface area contributed by atoms with E-state index < -0.39 is 17.9 Å². The third-order valence-corrected chi connectivity index (χ3v) is 2.05. The van der Waals surface area contributed by atoms with Crippen LogP contribution in [0.15, 0.2) is 12.1 Å². The van der Waals surface area contributed by atoms with E-state index in [-0.39, 0.29) is 17.2 Å². The summed E-state index contributed by atoms with van der Waals surface area (Å²) in [7, 11) is 0. The van der Waals surface area contributed by atoms with E-state index in [9.17, 15) is 14.4 Å². The lowest BCUT2D eigenvalue weighted by molar-refractivity contribution is -0.132. The first-order valence-corrected chi connectivity index (χ1v) is 5.49. The topological polar surface area (TPSA) is 78.9 Å². The van der Waals surface area contributed by atoms with Gasteiger partial charge in [-0.2, -0.15) is 0 Å². The smallest absolute Gasteiger partial charge is 0.308 e. The summed E-state index contributed by atoms with van der Waals surface area (Å²) in [5.74, 6) is -1.13. The minimum absolute atomic E-state index is 0.130. The molecule has 0 unspecified atom stereocenters. The van der Waals surface area contributed by atoms with E-state index in [0.717, 1.165) is 0 Å². The van der Waals surface area contributed by atoms with Crippen molar-refractivity contribution in [3.8, 4) is 17.2 Å². The van der Waals surface area contributed by atoms with Crippen LogP contribution in [0.25, 0.3) is 0 Å². The average molecular weight is 266 g/mol. The molecule has 0 aliphatic heterocycles. The highest BCUT2D eigenvalue weighted by Crippen LogP contribution is 2.33. The molecule has 6 nitrogen and oxygen atoms in total. The Labute approximate surface area is 110 Å². The maximum atomic E-state index is 11.0. The number of ether oxygens (including phenoxy) is 3. The molecule has 1 aromatic rings. The Hall–Kier alpha value is -2.37. The van der Waals surface area contributed by atoms with E-state index in [1.807, 2.05) is 0 Å². The fourth-order valence-electron chi connectivity index (χ4n) is 1.38. The van der Waals surface area contributed by atoms with Gasteiger partial charge in [-0.1, -0.05) is 0 Å². The molecule has 102 valence electrons. The molecular formula is C13H14O6. The molecule has 0 spiro atoms. The molecule has 0 saturated carbocycles. The maximum absolute atomic E-state index is 11.0. The Morgan fingerprint density at radius 2 is 1.16 bits per heavy atom. The SMILES string of the molecule is CC(=O)Oc1cc(OC(C)=O)c(C)c(OC(C)=O)c1. The van der Waals surface area contributed by atoms with E-state index >= 15 is 0 Å². The van der Waals surface area contributed by atoms with E-state index in [4.69, 9.17) is 14.2 Å². The Bertz CT molecular complexity index is 495. The van der Waals surface area contributed by atoms with Crippen LogP contribution in [-0.2, 0) is 14.4 Å². The number of rotatable bonds is 3. The van der Waals surface area contributed by atoms with Crippen molar-refractivity contribution in [3.63, 3.8) is 0 Å². The Morgan fingerprint density at radius 1 is 0.789 bits per heavy atom. The molecule has 0 heterocycles. The number of carbonyl (C=O) groups is 3. The van der Waals surface area contributed by atoms with E-state index in [2.05, 4.69) is 0 Å². The zero-order valence-electron chi connectivity index (χ0n) is 11.1. The number of carbonyl (C=O) groups excluding carboxylic acids is 3. The fourth-order valence-corrected chi connectivity index (χ4v) is 1.38. The molecule has 0 bridgehead atoms. The van der Waals surface area contributed by atoms with Crippen molar-refractivity contribution in [2.45, 2.75) is 27.7 Å². The second-order valence-electron chi connectivity index (χ2n) is 3.83. The van der Waals surface area contributed by atoms with Crippen LogP contribution in [0.5, 0.6) is 17.2 Å². The minimum Gasteiger partial charge on any atom is -0.426 e. The highest BCUT2D eigenvalue weighted by Gasteiger charge is 2.14.